The highest BCUT2D eigenvalue weighted by Gasteiger charge is 2.36. The molecule has 0 spiro atoms. The van der Waals surface area contributed by atoms with Crippen LogP contribution in [0.15, 0.2) is 22.7 Å². The lowest BCUT2D eigenvalue weighted by atomic mass is 10.1. The van der Waals surface area contributed by atoms with Gasteiger partial charge in [-0.3, -0.25) is 4.90 Å². The molecule has 152 valence electrons. The SMILES string of the molecule is COc1cc2c(N3C[C@@H](C)N(C(=O)OC(C)(C)C)[C@@H](C)C3)ccc(Br)c2nn1. The van der Waals surface area contributed by atoms with E-state index >= 15 is 0 Å². The molecule has 0 saturated carbocycles. The summed E-state index contributed by atoms with van der Waals surface area (Å²) in [6.45, 7) is 11.2. The highest BCUT2D eigenvalue weighted by molar-refractivity contribution is 9.10. The number of hydrogen-bond donors (Lipinski definition) is 0. The fraction of sp³-hybridized carbons (Fsp3) is 0.550. The van der Waals surface area contributed by atoms with E-state index in [9.17, 15) is 4.79 Å². The molecule has 1 aliphatic rings. The third-order valence-corrected chi connectivity index (χ3v) is 5.37. The fourth-order valence-corrected chi connectivity index (χ4v) is 4.06. The van der Waals surface area contributed by atoms with Gasteiger partial charge in [0.1, 0.15) is 11.1 Å². The van der Waals surface area contributed by atoms with Crippen molar-refractivity contribution in [2.45, 2.75) is 52.3 Å². The Morgan fingerprint density at radius 1 is 1.18 bits per heavy atom. The van der Waals surface area contributed by atoms with Gasteiger partial charge in [0.05, 0.1) is 19.2 Å². The number of rotatable bonds is 2. The molecular formula is C20H27BrN4O3. The van der Waals surface area contributed by atoms with Gasteiger partial charge >= 0.3 is 6.09 Å². The zero-order valence-electron chi connectivity index (χ0n) is 17.2. The van der Waals surface area contributed by atoms with Crippen molar-refractivity contribution in [1.82, 2.24) is 15.1 Å². The number of amides is 1. The smallest absolute Gasteiger partial charge is 0.410 e. The Morgan fingerprint density at radius 3 is 2.39 bits per heavy atom. The number of carbonyl (C=O) groups excluding carboxylic acids is 1. The molecule has 0 radical (unpaired) electrons. The molecule has 1 fully saturated rings. The Kier molecular flexibility index (Phi) is 5.70. The van der Waals surface area contributed by atoms with Crippen LogP contribution in [0.3, 0.4) is 0 Å². The molecule has 1 saturated heterocycles. The first-order valence-electron chi connectivity index (χ1n) is 9.37. The van der Waals surface area contributed by atoms with Crippen molar-refractivity contribution in [2.75, 3.05) is 25.1 Å². The van der Waals surface area contributed by atoms with Crippen molar-refractivity contribution >= 4 is 38.6 Å². The van der Waals surface area contributed by atoms with Crippen molar-refractivity contribution in [3.63, 3.8) is 0 Å². The molecule has 7 nitrogen and oxygen atoms in total. The molecule has 1 aromatic carbocycles. The van der Waals surface area contributed by atoms with Crippen LogP contribution in [-0.2, 0) is 4.74 Å². The molecule has 1 aliphatic heterocycles. The minimum Gasteiger partial charge on any atom is -0.480 e. The highest BCUT2D eigenvalue weighted by Crippen LogP contribution is 2.34. The summed E-state index contributed by atoms with van der Waals surface area (Å²) < 4.78 is 11.8. The summed E-state index contributed by atoms with van der Waals surface area (Å²) in [6, 6.07) is 5.96. The van der Waals surface area contributed by atoms with Crippen molar-refractivity contribution in [3.8, 4) is 5.88 Å². The Balaban J connectivity index is 1.91. The topological polar surface area (TPSA) is 67.8 Å². The zero-order valence-corrected chi connectivity index (χ0v) is 18.8. The largest absolute Gasteiger partial charge is 0.480 e. The molecule has 1 aromatic heterocycles. The predicted molar refractivity (Wildman–Crippen MR) is 113 cm³/mol. The minimum absolute atomic E-state index is 0.00832. The van der Waals surface area contributed by atoms with Crippen LogP contribution < -0.4 is 9.64 Å². The monoisotopic (exact) mass is 450 g/mol. The van der Waals surface area contributed by atoms with E-state index in [1.807, 2.05) is 51.7 Å². The lowest BCUT2D eigenvalue weighted by molar-refractivity contribution is 0.00568. The van der Waals surface area contributed by atoms with Gasteiger partial charge in [0.2, 0.25) is 5.88 Å². The van der Waals surface area contributed by atoms with Gasteiger partial charge in [-0.25, -0.2) is 4.79 Å². The Bertz CT molecular complexity index is 872. The Hall–Kier alpha value is -2.09. The fourth-order valence-electron chi connectivity index (χ4n) is 3.64. The molecule has 2 aromatic rings. The maximum Gasteiger partial charge on any atom is 0.410 e. The first-order chi connectivity index (χ1) is 13.1. The third kappa shape index (κ3) is 4.16. The summed E-state index contributed by atoms with van der Waals surface area (Å²) in [4.78, 5) is 16.8. The van der Waals surface area contributed by atoms with Crippen LogP contribution >= 0.6 is 15.9 Å². The number of fused-ring (bicyclic) bond motifs is 1. The van der Waals surface area contributed by atoms with Crippen molar-refractivity contribution in [3.05, 3.63) is 22.7 Å². The molecule has 0 N–H and O–H groups in total. The standard InChI is InChI=1S/C20H27BrN4O3/c1-12-10-24(11-13(2)25(12)19(26)28-20(3,4)5)16-8-7-15(21)18-14(16)9-17(27-6)22-23-18/h7-9,12-13H,10-11H2,1-6H3/t12-,13+. The summed E-state index contributed by atoms with van der Waals surface area (Å²) in [7, 11) is 1.58. The average molecular weight is 451 g/mol. The van der Waals surface area contributed by atoms with E-state index in [-0.39, 0.29) is 18.2 Å². The van der Waals surface area contributed by atoms with Gasteiger partial charge in [0.25, 0.3) is 0 Å². The van der Waals surface area contributed by atoms with Gasteiger partial charge in [-0.15, -0.1) is 10.2 Å². The minimum atomic E-state index is -0.509. The predicted octanol–water partition coefficient (Wildman–Crippen LogP) is 4.24. The number of halogens is 1. The number of benzene rings is 1. The van der Waals surface area contributed by atoms with Gasteiger partial charge < -0.3 is 14.4 Å². The number of piperazine rings is 1. The summed E-state index contributed by atoms with van der Waals surface area (Å²) in [5.74, 6) is 0.473. The number of aromatic nitrogens is 2. The van der Waals surface area contributed by atoms with E-state index in [0.29, 0.717) is 19.0 Å². The maximum atomic E-state index is 12.7. The van der Waals surface area contributed by atoms with Crippen molar-refractivity contribution in [2.24, 2.45) is 0 Å². The number of anilines is 1. The molecular weight excluding hydrogens is 424 g/mol. The van der Waals surface area contributed by atoms with Crippen LogP contribution in [-0.4, -0.2) is 59.1 Å². The van der Waals surface area contributed by atoms with Gasteiger partial charge in [0.15, 0.2) is 0 Å². The number of methoxy groups -OCH3 is 1. The summed E-state index contributed by atoms with van der Waals surface area (Å²) in [5.41, 5.74) is 1.33. The van der Waals surface area contributed by atoms with E-state index in [1.54, 1.807) is 7.11 Å². The highest BCUT2D eigenvalue weighted by atomic mass is 79.9. The Morgan fingerprint density at radius 2 is 1.82 bits per heavy atom. The number of ether oxygens (including phenoxy) is 2. The molecule has 0 bridgehead atoms. The van der Waals surface area contributed by atoms with Gasteiger partial charge in [0, 0.05) is 34.7 Å². The van der Waals surface area contributed by atoms with E-state index < -0.39 is 5.60 Å². The second-order valence-corrected chi connectivity index (χ2v) is 9.06. The van der Waals surface area contributed by atoms with Gasteiger partial charge in [-0.05, 0) is 62.7 Å². The van der Waals surface area contributed by atoms with E-state index in [1.165, 1.54) is 0 Å². The zero-order chi connectivity index (χ0) is 20.6. The molecule has 2 atom stereocenters. The van der Waals surface area contributed by atoms with Crippen LogP contribution in [0.4, 0.5) is 10.5 Å². The maximum absolute atomic E-state index is 12.7. The van der Waals surface area contributed by atoms with E-state index in [2.05, 4.69) is 37.1 Å². The third-order valence-electron chi connectivity index (χ3n) is 4.73. The normalized spacial score (nSPS) is 20.4. The average Bonchev–Trinajstić information content (AvgIpc) is 2.59. The second kappa shape index (κ2) is 7.73. The van der Waals surface area contributed by atoms with Gasteiger partial charge in [-0.1, -0.05) is 0 Å². The number of nitrogens with zero attached hydrogens (tertiary/aromatic N) is 4. The summed E-state index contributed by atoms with van der Waals surface area (Å²) in [6.07, 6.45) is -0.264. The first kappa shape index (κ1) is 20.6. The van der Waals surface area contributed by atoms with Crippen LogP contribution in [0.25, 0.3) is 10.9 Å². The molecule has 0 aliphatic carbocycles. The van der Waals surface area contributed by atoms with Crippen LogP contribution in [0.5, 0.6) is 5.88 Å². The van der Waals surface area contributed by atoms with Crippen LogP contribution in [0.2, 0.25) is 0 Å². The molecule has 8 heteroatoms. The molecule has 3 rings (SSSR count). The quantitative estimate of drug-likeness (QED) is 0.681. The molecule has 2 heterocycles. The molecule has 0 unspecified atom stereocenters. The number of hydrogen-bond acceptors (Lipinski definition) is 6. The Labute approximate surface area is 174 Å². The van der Waals surface area contributed by atoms with Gasteiger partial charge in [-0.2, -0.15) is 0 Å². The lowest BCUT2D eigenvalue weighted by Crippen LogP contribution is -2.59. The van der Waals surface area contributed by atoms with E-state index in [0.717, 1.165) is 21.1 Å². The summed E-state index contributed by atoms with van der Waals surface area (Å²) in [5, 5.41) is 9.34. The first-order valence-corrected chi connectivity index (χ1v) is 10.2. The van der Waals surface area contributed by atoms with E-state index in [4.69, 9.17) is 9.47 Å². The van der Waals surface area contributed by atoms with Crippen LogP contribution in [0, 0.1) is 0 Å². The second-order valence-electron chi connectivity index (χ2n) is 8.21. The molecule has 28 heavy (non-hydrogen) atoms. The van der Waals surface area contributed by atoms with Crippen molar-refractivity contribution < 1.29 is 14.3 Å². The van der Waals surface area contributed by atoms with Crippen molar-refractivity contribution in [1.29, 1.82) is 0 Å². The number of carbonyl (C=O) groups is 1. The summed E-state index contributed by atoms with van der Waals surface area (Å²) >= 11 is 3.55. The lowest BCUT2D eigenvalue weighted by Gasteiger charge is -2.45. The van der Waals surface area contributed by atoms with Crippen LogP contribution in [0.1, 0.15) is 34.6 Å². The molecule has 1 amide bonds.